The van der Waals surface area contributed by atoms with Crippen LogP contribution in [0.4, 0.5) is 5.82 Å². The molecule has 0 radical (unpaired) electrons. The summed E-state index contributed by atoms with van der Waals surface area (Å²) in [6.45, 7) is 5.96. The third-order valence-corrected chi connectivity index (χ3v) is 3.26. The lowest BCUT2D eigenvalue weighted by atomic mass is 10.1. The van der Waals surface area contributed by atoms with Gasteiger partial charge in [-0.2, -0.15) is 0 Å². The quantitative estimate of drug-likeness (QED) is 0.918. The summed E-state index contributed by atoms with van der Waals surface area (Å²) in [5, 5.41) is 7.92. The van der Waals surface area contributed by atoms with Crippen molar-refractivity contribution in [1.29, 1.82) is 0 Å². The van der Waals surface area contributed by atoms with Crippen molar-refractivity contribution < 1.29 is 0 Å². The Morgan fingerprint density at radius 1 is 1.28 bits per heavy atom. The van der Waals surface area contributed by atoms with Crippen LogP contribution in [0.15, 0.2) is 4.60 Å². The Labute approximate surface area is 114 Å². The Bertz CT molecular complexity index is 570. The summed E-state index contributed by atoms with van der Waals surface area (Å²) in [5.74, 6) is 1.43. The number of hydrogen-bond acceptors (Lipinski definition) is 5. The second-order valence-electron chi connectivity index (χ2n) is 4.45. The summed E-state index contributed by atoms with van der Waals surface area (Å²) in [6, 6.07) is 0. The largest absolute Gasteiger partial charge is 0.383 e. The van der Waals surface area contributed by atoms with Crippen molar-refractivity contribution >= 4 is 21.7 Å². The van der Waals surface area contributed by atoms with E-state index in [1.165, 1.54) is 0 Å². The molecule has 2 N–H and O–H groups in total. The first-order valence-corrected chi connectivity index (χ1v) is 6.40. The molecule has 6 nitrogen and oxygen atoms in total. The molecule has 0 spiro atoms. The third kappa shape index (κ3) is 2.10. The van der Waals surface area contributed by atoms with Crippen molar-refractivity contribution in [2.24, 2.45) is 7.05 Å². The van der Waals surface area contributed by atoms with Crippen molar-refractivity contribution in [3.05, 3.63) is 16.0 Å². The molecule has 0 saturated heterocycles. The lowest BCUT2D eigenvalue weighted by Crippen LogP contribution is -2.08. The number of nitrogens with zero attached hydrogens (tertiary/aromatic N) is 5. The van der Waals surface area contributed by atoms with Crippen molar-refractivity contribution in [3.63, 3.8) is 0 Å². The third-order valence-electron chi connectivity index (χ3n) is 2.73. The normalized spacial score (nSPS) is 11.2. The molecule has 2 aromatic rings. The second kappa shape index (κ2) is 4.64. The van der Waals surface area contributed by atoms with Crippen LogP contribution in [0.25, 0.3) is 11.4 Å². The highest BCUT2D eigenvalue weighted by Crippen LogP contribution is 2.29. The van der Waals surface area contributed by atoms with E-state index >= 15 is 0 Å². The van der Waals surface area contributed by atoms with E-state index in [0.717, 1.165) is 22.8 Å². The lowest BCUT2D eigenvalue weighted by Gasteiger charge is -2.11. The van der Waals surface area contributed by atoms with Gasteiger partial charge in [-0.15, -0.1) is 5.10 Å². The molecular weight excluding hydrogens is 296 g/mol. The van der Waals surface area contributed by atoms with E-state index in [9.17, 15) is 0 Å². The van der Waals surface area contributed by atoms with Gasteiger partial charge in [0, 0.05) is 18.5 Å². The SMILES string of the molecule is Cc1c(N)nc(C(C)C)nc1-c1c(Br)nnn1C. The highest BCUT2D eigenvalue weighted by atomic mass is 79.9. The summed E-state index contributed by atoms with van der Waals surface area (Å²) in [7, 11) is 1.82. The summed E-state index contributed by atoms with van der Waals surface area (Å²) >= 11 is 3.38. The van der Waals surface area contributed by atoms with Crippen molar-refractivity contribution in [1.82, 2.24) is 25.0 Å². The van der Waals surface area contributed by atoms with Crippen LogP contribution in [0.2, 0.25) is 0 Å². The molecule has 0 aliphatic heterocycles. The minimum absolute atomic E-state index is 0.214. The van der Waals surface area contributed by atoms with E-state index in [4.69, 9.17) is 5.73 Å². The van der Waals surface area contributed by atoms with Crippen LogP contribution in [0.3, 0.4) is 0 Å². The Balaban J connectivity index is 2.71. The predicted molar refractivity (Wildman–Crippen MR) is 73.0 cm³/mol. The maximum absolute atomic E-state index is 5.95. The zero-order valence-corrected chi connectivity index (χ0v) is 12.4. The Morgan fingerprint density at radius 2 is 1.94 bits per heavy atom. The van der Waals surface area contributed by atoms with Gasteiger partial charge in [0.1, 0.15) is 17.3 Å². The van der Waals surface area contributed by atoms with Crippen LogP contribution in [0.5, 0.6) is 0 Å². The van der Waals surface area contributed by atoms with Crippen LogP contribution in [0.1, 0.15) is 31.2 Å². The average Bonchev–Trinajstić information content (AvgIpc) is 2.62. The van der Waals surface area contributed by atoms with Crippen molar-refractivity contribution in [2.45, 2.75) is 26.7 Å². The molecule has 2 aromatic heterocycles. The molecule has 7 heteroatoms. The zero-order valence-electron chi connectivity index (χ0n) is 10.8. The minimum Gasteiger partial charge on any atom is -0.383 e. The summed E-state index contributed by atoms with van der Waals surface area (Å²) < 4.78 is 2.32. The first-order chi connectivity index (χ1) is 8.41. The molecule has 0 saturated carbocycles. The smallest absolute Gasteiger partial charge is 0.157 e. The molecule has 0 atom stereocenters. The first-order valence-electron chi connectivity index (χ1n) is 5.61. The topological polar surface area (TPSA) is 82.5 Å². The highest BCUT2D eigenvalue weighted by molar-refractivity contribution is 9.10. The van der Waals surface area contributed by atoms with E-state index in [1.807, 2.05) is 27.8 Å². The van der Waals surface area contributed by atoms with E-state index in [-0.39, 0.29) is 5.92 Å². The van der Waals surface area contributed by atoms with Gasteiger partial charge >= 0.3 is 0 Å². The lowest BCUT2D eigenvalue weighted by molar-refractivity contribution is 0.715. The van der Waals surface area contributed by atoms with Crippen molar-refractivity contribution in [2.75, 3.05) is 5.73 Å². The van der Waals surface area contributed by atoms with E-state index in [0.29, 0.717) is 10.4 Å². The number of halogens is 1. The number of aromatic nitrogens is 5. The molecule has 0 amide bonds. The molecule has 0 unspecified atom stereocenters. The number of nitrogen functional groups attached to an aromatic ring is 1. The van der Waals surface area contributed by atoms with Gasteiger partial charge < -0.3 is 5.73 Å². The van der Waals surface area contributed by atoms with E-state index < -0.39 is 0 Å². The Morgan fingerprint density at radius 3 is 2.44 bits per heavy atom. The molecule has 2 heterocycles. The van der Waals surface area contributed by atoms with Gasteiger partial charge in [0.2, 0.25) is 0 Å². The molecule has 2 rings (SSSR count). The van der Waals surface area contributed by atoms with Gasteiger partial charge in [0.25, 0.3) is 0 Å². The molecule has 96 valence electrons. The molecule has 0 aliphatic carbocycles. The number of anilines is 1. The fraction of sp³-hybridized carbons (Fsp3) is 0.455. The monoisotopic (exact) mass is 310 g/mol. The predicted octanol–water partition coefficient (Wildman–Crippen LogP) is 2.05. The Hall–Kier alpha value is -1.50. The highest BCUT2D eigenvalue weighted by Gasteiger charge is 2.18. The molecule has 0 aromatic carbocycles. The number of hydrogen-bond donors (Lipinski definition) is 1. The van der Waals surface area contributed by atoms with E-state index in [1.54, 1.807) is 4.68 Å². The van der Waals surface area contributed by atoms with Gasteiger partial charge in [0.05, 0.1) is 5.69 Å². The molecule has 0 bridgehead atoms. The average molecular weight is 311 g/mol. The molecular formula is C11H15BrN6. The first kappa shape index (κ1) is 12.9. The maximum atomic E-state index is 5.95. The van der Waals surface area contributed by atoms with Gasteiger partial charge in [-0.1, -0.05) is 19.1 Å². The summed E-state index contributed by atoms with van der Waals surface area (Å²) in [6.07, 6.45) is 0. The number of aryl methyl sites for hydroxylation is 1. The van der Waals surface area contributed by atoms with Crippen LogP contribution in [-0.4, -0.2) is 25.0 Å². The minimum atomic E-state index is 0.214. The van der Waals surface area contributed by atoms with Crippen molar-refractivity contribution in [3.8, 4) is 11.4 Å². The maximum Gasteiger partial charge on any atom is 0.157 e. The molecule has 0 aliphatic rings. The van der Waals surface area contributed by atoms with Gasteiger partial charge in [-0.3, -0.25) is 0 Å². The van der Waals surface area contributed by atoms with Crippen LogP contribution in [-0.2, 0) is 7.05 Å². The van der Waals surface area contributed by atoms with Crippen LogP contribution in [0, 0.1) is 6.92 Å². The molecule has 0 fully saturated rings. The van der Waals surface area contributed by atoms with E-state index in [2.05, 4.69) is 36.2 Å². The Kier molecular flexibility index (Phi) is 3.34. The number of rotatable bonds is 2. The van der Waals surface area contributed by atoms with Gasteiger partial charge in [0.15, 0.2) is 4.60 Å². The molecule has 18 heavy (non-hydrogen) atoms. The fourth-order valence-corrected chi connectivity index (χ4v) is 2.14. The van der Waals surface area contributed by atoms with Crippen LogP contribution >= 0.6 is 15.9 Å². The van der Waals surface area contributed by atoms with Gasteiger partial charge in [-0.05, 0) is 22.9 Å². The standard InChI is InChI=1S/C11H15BrN6/c1-5(2)11-14-7(6(3)10(13)15-11)8-9(12)16-17-18(8)4/h5H,1-4H3,(H2,13,14,15). The number of nitrogens with two attached hydrogens (primary N) is 1. The van der Waals surface area contributed by atoms with Crippen LogP contribution < -0.4 is 5.73 Å². The second-order valence-corrected chi connectivity index (χ2v) is 5.20. The zero-order chi connectivity index (χ0) is 13.4. The summed E-state index contributed by atoms with van der Waals surface area (Å²) in [4.78, 5) is 8.88. The summed E-state index contributed by atoms with van der Waals surface area (Å²) in [5.41, 5.74) is 8.37. The fourth-order valence-electron chi connectivity index (χ4n) is 1.62. The van der Waals surface area contributed by atoms with Gasteiger partial charge in [-0.25, -0.2) is 14.6 Å².